The van der Waals surface area contributed by atoms with Crippen molar-refractivity contribution in [3.63, 3.8) is 0 Å². The van der Waals surface area contributed by atoms with E-state index in [1.54, 1.807) is 0 Å². The Morgan fingerprint density at radius 2 is 0.982 bits per heavy atom. The van der Waals surface area contributed by atoms with E-state index in [9.17, 15) is 0 Å². The Hall–Kier alpha value is -7.16. The fourth-order valence-electron chi connectivity index (χ4n) is 10.1. The van der Waals surface area contributed by atoms with Gasteiger partial charge in [0.2, 0.25) is 0 Å². The van der Waals surface area contributed by atoms with Crippen LogP contribution in [0, 0.1) is 0 Å². The molecule has 0 radical (unpaired) electrons. The van der Waals surface area contributed by atoms with Gasteiger partial charge in [-0.3, -0.25) is 0 Å². The van der Waals surface area contributed by atoms with E-state index < -0.39 is 0 Å². The zero-order chi connectivity index (χ0) is 37.8. The molecule has 1 aliphatic rings. The molecule has 0 bridgehead atoms. The SMILES string of the molecule is CC1(C)c2cc(-c3ccc4ccc5cc6c7ccccc7n(-c7ccccc7)c6c6ccc3c4c56)ccc2-c2ccc(N(c3ccccc3)c3ccccc3)cc21. The second-order valence-electron chi connectivity index (χ2n) is 16.1. The van der Waals surface area contributed by atoms with E-state index in [0.29, 0.717) is 0 Å². The molecule has 0 saturated heterocycles. The van der Waals surface area contributed by atoms with E-state index in [4.69, 9.17) is 0 Å². The van der Waals surface area contributed by atoms with Gasteiger partial charge in [0.05, 0.1) is 11.0 Å². The summed E-state index contributed by atoms with van der Waals surface area (Å²) in [6.07, 6.45) is 0. The van der Waals surface area contributed by atoms with Crippen LogP contribution in [0.25, 0.3) is 82.1 Å². The first-order valence-corrected chi connectivity index (χ1v) is 19.9. The van der Waals surface area contributed by atoms with Gasteiger partial charge in [0.15, 0.2) is 0 Å². The van der Waals surface area contributed by atoms with Gasteiger partial charge in [0.25, 0.3) is 0 Å². The Morgan fingerprint density at radius 3 is 1.74 bits per heavy atom. The first-order valence-electron chi connectivity index (χ1n) is 19.9. The van der Waals surface area contributed by atoms with Crippen molar-refractivity contribution in [1.29, 1.82) is 0 Å². The van der Waals surface area contributed by atoms with Gasteiger partial charge in [0.1, 0.15) is 0 Å². The zero-order valence-corrected chi connectivity index (χ0v) is 31.9. The summed E-state index contributed by atoms with van der Waals surface area (Å²) in [5.74, 6) is 0. The van der Waals surface area contributed by atoms with Gasteiger partial charge in [-0.25, -0.2) is 0 Å². The summed E-state index contributed by atoms with van der Waals surface area (Å²) in [5, 5.41) is 10.4. The van der Waals surface area contributed by atoms with Crippen molar-refractivity contribution in [2.24, 2.45) is 0 Å². The van der Waals surface area contributed by atoms with Crippen molar-refractivity contribution in [2.45, 2.75) is 19.3 Å². The summed E-state index contributed by atoms with van der Waals surface area (Å²) in [6, 6.07) is 71.7. The molecule has 0 fully saturated rings. The third kappa shape index (κ3) is 4.59. The van der Waals surface area contributed by atoms with Crippen LogP contribution in [0.1, 0.15) is 25.0 Å². The largest absolute Gasteiger partial charge is 0.310 e. The second kappa shape index (κ2) is 11.9. The molecule has 1 aliphatic carbocycles. The zero-order valence-electron chi connectivity index (χ0n) is 31.9. The van der Waals surface area contributed by atoms with E-state index in [-0.39, 0.29) is 5.41 Å². The third-order valence-corrected chi connectivity index (χ3v) is 12.7. The molecule has 0 saturated carbocycles. The van der Waals surface area contributed by atoms with Crippen molar-refractivity contribution >= 4 is 71.2 Å². The molecule has 11 aromatic rings. The number of hydrogen-bond acceptors (Lipinski definition) is 1. The first-order chi connectivity index (χ1) is 28.0. The van der Waals surface area contributed by atoms with E-state index in [1.165, 1.54) is 98.9 Å². The van der Waals surface area contributed by atoms with Gasteiger partial charge in [-0.1, -0.05) is 141 Å². The van der Waals surface area contributed by atoms with Crippen molar-refractivity contribution < 1.29 is 0 Å². The minimum Gasteiger partial charge on any atom is -0.310 e. The fourth-order valence-corrected chi connectivity index (χ4v) is 10.1. The summed E-state index contributed by atoms with van der Waals surface area (Å²) in [7, 11) is 0. The normalized spacial score (nSPS) is 13.2. The molecule has 57 heavy (non-hydrogen) atoms. The summed E-state index contributed by atoms with van der Waals surface area (Å²) in [6.45, 7) is 4.78. The highest BCUT2D eigenvalue weighted by Gasteiger charge is 2.36. The monoisotopic (exact) mass is 726 g/mol. The Balaban J connectivity index is 1.03. The standard InChI is InChI=1S/C55H38N2/c1-55(2)49-33-36(25-28-43(49)44-29-26-41(34-50(44)55)56(38-14-6-3-7-15-38)39-16-8-4-9-17-39)42-27-24-35-22-23-37-32-48-45-20-12-13-21-51(45)57(40-18-10-5-11-19-40)54(48)47-31-30-46(42)52(35)53(37)47/h3-34H,1-2H3. The average Bonchev–Trinajstić information content (AvgIpc) is 3.71. The predicted octanol–water partition coefficient (Wildman–Crippen LogP) is 15.1. The number of aromatic nitrogens is 1. The van der Waals surface area contributed by atoms with E-state index in [2.05, 4.69) is 217 Å². The van der Waals surface area contributed by atoms with Crippen LogP contribution in [-0.2, 0) is 5.41 Å². The third-order valence-electron chi connectivity index (χ3n) is 12.7. The van der Waals surface area contributed by atoms with Gasteiger partial charge in [-0.2, -0.15) is 0 Å². The maximum Gasteiger partial charge on any atom is 0.0620 e. The number of para-hydroxylation sites is 4. The van der Waals surface area contributed by atoms with Crippen LogP contribution in [0.4, 0.5) is 17.1 Å². The fraction of sp³-hybridized carbons (Fsp3) is 0.0545. The topological polar surface area (TPSA) is 8.17 Å². The molecule has 268 valence electrons. The number of rotatable bonds is 5. The van der Waals surface area contributed by atoms with Crippen LogP contribution in [-0.4, -0.2) is 4.57 Å². The molecule has 0 amide bonds. The molecule has 0 aliphatic heterocycles. The Labute approximate surface area is 331 Å². The minimum absolute atomic E-state index is 0.185. The highest BCUT2D eigenvalue weighted by atomic mass is 15.1. The van der Waals surface area contributed by atoms with Crippen LogP contribution in [0.3, 0.4) is 0 Å². The Bertz CT molecular complexity index is 3320. The smallest absolute Gasteiger partial charge is 0.0620 e. The molecule has 10 aromatic carbocycles. The highest BCUT2D eigenvalue weighted by molar-refractivity contribution is 6.32. The van der Waals surface area contributed by atoms with Crippen molar-refractivity contribution in [2.75, 3.05) is 4.90 Å². The van der Waals surface area contributed by atoms with Crippen LogP contribution in [0.2, 0.25) is 0 Å². The lowest BCUT2D eigenvalue weighted by Gasteiger charge is -2.28. The van der Waals surface area contributed by atoms with Crippen LogP contribution < -0.4 is 4.90 Å². The minimum atomic E-state index is -0.185. The summed E-state index contributed by atoms with van der Waals surface area (Å²) >= 11 is 0. The van der Waals surface area contributed by atoms with Crippen LogP contribution >= 0.6 is 0 Å². The molecular formula is C55H38N2. The molecule has 2 heteroatoms. The predicted molar refractivity (Wildman–Crippen MR) is 242 cm³/mol. The molecule has 1 aromatic heterocycles. The number of nitrogens with zero attached hydrogens (tertiary/aromatic N) is 2. The molecular weight excluding hydrogens is 689 g/mol. The summed E-state index contributed by atoms with van der Waals surface area (Å²) < 4.78 is 2.46. The first kappa shape index (κ1) is 32.1. The van der Waals surface area contributed by atoms with Gasteiger partial charge >= 0.3 is 0 Å². The number of benzene rings is 10. The molecule has 0 spiro atoms. The average molecular weight is 727 g/mol. The van der Waals surface area contributed by atoms with Gasteiger partial charge in [-0.15, -0.1) is 0 Å². The second-order valence-corrected chi connectivity index (χ2v) is 16.1. The quantitative estimate of drug-likeness (QED) is 0.160. The van der Waals surface area contributed by atoms with Crippen molar-refractivity contribution in [3.8, 4) is 27.9 Å². The summed E-state index contributed by atoms with van der Waals surface area (Å²) in [4.78, 5) is 2.36. The van der Waals surface area contributed by atoms with E-state index in [1.807, 2.05) is 0 Å². The molecule has 0 N–H and O–H groups in total. The lowest BCUT2D eigenvalue weighted by atomic mass is 9.81. The van der Waals surface area contributed by atoms with Crippen LogP contribution in [0.15, 0.2) is 194 Å². The van der Waals surface area contributed by atoms with Gasteiger partial charge < -0.3 is 9.47 Å². The van der Waals surface area contributed by atoms with E-state index >= 15 is 0 Å². The van der Waals surface area contributed by atoms with E-state index in [0.717, 1.165) is 11.4 Å². The lowest BCUT2D eigenvalue weighted by Crippen LogP contribution is -2.16. The molecule has 12 rings (SSSR count). The molecule has 1 heterocycles. The van der Waals surface area contributed by atoms with Crippen LogP contribution in [0.5, 0.6) is 0 Å². The van der Waals surface area contributed by atoms with Crippen molar-refractivity contribution in [1.82, 2.24) is 4.57 Å². The van der Waals surface area contributed by atoms with Gasteiger partial charge in [0, 0.05) is 44.3 Å². The van der Waals surface area contributed by atoms with Gasteiger partial charge in [-0.05, 0) is 127 Å². The maximum absolute atomic E-state index is 2.47. The number of anilines is 3. The summed E-state index contributed by atoms with van der Waals surface area (Å²) in [5.41, 5.74) is 14.9. The molecule has 0 atom stereocenters. The highest BCUT2D eigenvalue weighted by Crippen LogP contribution is 2.52. The molecule has 2 nitrogen and oxygen atoms in total. The Morgan fingerprint density at radius 1 is 0.404 bits per heavy atom. The molecule has 0 unspecified atom stereocenters. The number of fused-ring (bicyclic) bond motifs is 7. The lowest BCUT2D eigenvalue weighted by molar-refractivity contribution is 0.660. The maximum atomic E-state index is 2.47. The Kier molecular flexibility index (Phi) is 6.72. The number of hydrogen-bond donors (Lipinski definition) is 0. The van der Waals surface area contributed by atoms with Crippen molar-refractivity contribution in [3.05, 3.63) is 205 Å².